The molecule has 0 heterocycles. The zero-order chi connectivity index (χ0) is 22.8. The molecule has 0 saturated carbocycles. The highest BCUT2D eigenvalue weighted by atomic mass is 19.1. The minimum atomic E-state index is -0.539. The van der Waals surface area contributed by atoms with Gasteiger partial charge in [-0.15, -0.1) is 0 Å². The summed E-state index contributed by atoms with van der Waals surface area (Å²) < 4.78 is 19.1. The molecule has 0 fully saturated rings. The molecule has 3 aromatic rings. The van der Waals surface area contributed by atoms with Gasteiger partial charge >= 0.3 is 0 Å². The lowest BCUT2D eigenvalue weighted by atomic mass is 10.1. The number of anilines is 1. The third kappa shape index (κ3) is 6.54. The SMILES string of the molecule is N#C/C(=C\c1cccc(OCC(=O)Nc2ccccc2F)c1)C(=O)NCc1ccccc1. The quantitative estimate of drug-likeness (QED) is 0.417. The van der Waals surface area contributed by atoms with Gasteiger partial charge in [-0.3, -0.25) is 9.59 Å². The highest BCUT2D eigenvalue weighted by molar-refractivity contribution is 6.01. The Kier molecular flexibility index (Phi) is 7.71. The normalized spacial score (nSPS) is 10.7. The average Bonchev–Trinajstić information content (AvgIpc) is 2.82. The monoisotopic (exact) mass is 429 g/mol. The Balaban J connectivity index is 1.59. The fraction of sp³-hybridized carbons (Fsp3) is 0.0800. The van der Waals surface area contributed by atoms with Crippen molar-refractivity contribution < 1.29 is 18.7 Å². The zero-order valence-corrected chi connectivity index (χ0v) is 17.0. The predicted molar refractivity (Wildman–Crippen MR) is 119 cm³/mol. The number of hydrogen-bond donors (Lipinski definition) is 2. The molecule has 32 heavy (non-hydrogen) atoms. The van der Waals surface area contributed by atoms with Crippen LogP contribution in [0, 0.1) is 17.1 Å². The molecule has 3 rings (SSSR count). The molecule has 2 N–H and O–H groups in total. The Bertz CT molecular complexity index is 1170. The largest absolute Gasteiger partial charge is 0.484 e. The third-order valence-electron chi connectivity index (χ3n) is 4.35. The molecule has 7 heteroatoms. The number of nitrogens with one attached hydrogen (secondary N) is 2. The van der Waals surface area contributed by atoms with E-state index < -0.39 is 17.6 Å². The molecule has 160 valence electrons. The van der Waals surface area contributed by atoms with Crippen LogP contribution in [0.25, 0.3) is 6.08 Å². The zero-order valence-electron chi connectivity index (χ0n) is 17.0. The van der Waals surface area contributed by atoms with Gasteiger partial charge < -0.3 is 15.4 Å². The van der Waals surface area contributed by atoms with Gasteiger partial charge in [-0.2, -0.15) is 5.26 Å². The van der Waals surface area contributed by atoms with Crippen LogP contribution in [0.3, 0.4) is 0 Å². The van der Waals surface area contributed by atoms with Crippen molar-refractivity contribution >= 4 is 23.6 Å². The number of carbonyl (C=O) groups excluding carboxylic acids is 2. The third-order valence-corrected chi connectivity index (χ3v) is 4.35. The van der Waals surface area contributed by atoms with E-state index in [1.807, 2.05) is 36.4 Å². The maximum absolute atomic E-state index is 13.6. The molecule has 0 unspecified atom stereocenters. The number of carbonyl (C=O) groups is 2. The highest BCUT2D eigenvalue weighted by Gasteiger charge is 2.10. The van der Waals surface area contributed by atoms with Crippen LogP contribution in [0.2, 0.25) is 0 Å². The van der Waals surface area contributed by atoms with Crippen molar-refractivity contribution in [3.05, 3.63) is 101 Å². The summed E-state index contributed by atoms with van der Waals surface area (Å²) in [4.78, 5) is 24.4. The van der Waals surface area contributed by atoms with E-state index in [0.717, 1.165) is 5.56 Å². The van der Waals surface area contributed by atoms with Crippen LogP contribution < -0.4 is 15.4 Å². The molecule has 0 bridgehead atoms. The Hall–Kier alpha value is -4.44. The van der Waals surface area contributed by atoms with E-state index in [9.17, 15) is 19.2 Å². The number of ether oxygens (including phenoxy) is 1. The van der Waals surface area contributed by atoms with Gasteiger partial charge in [-0.25, -0.2) is 4.39 Å². The number of hydrogen-bond acceptors (Lipinski definition) is 4. The number of halogens is 1. The molecule has 0 aromatic heterocycles. The molecule has 0 radical (unpaired) electrons. The lowest BCUT2D eigenvalue weighted by molar-refractivity contribution is -0.118. The highest BCUT2D eigenvalue weighted by Crippen LogP contribution is 2.17. The van der Waals surface area contributed by atoms with Gasteiger partial charge in [0.2, 0.25) is 0 Å². The molecule has 0 spiro atoms. The average molecular weight is 429 g/mol. The van der Waals surface area contributed by atoms with Gasteiger partial charge in [0.25, 0.3) is 11.8 Å². The Labute approximate surface area is 185 Å². The van der Waals surface area contributed by atoms with E-state index in [1.54, 1.807) is 30.3 Å². The first kappa shape index (κ1) is 22.2. The second kappa shape index (κ2) is 11.1. The van der Waals surface area contributed by atoms with Crippen LogP contribution in [0.15, 0.2) is 84.4 Å². The summed E-state index contributed by atoms with van der Waals surface area (Å²) in [5.74, 6) is -1.19. The fourth-order valence-corrected chi connectivity index (χ4v) is 2.78. The lowest BCUT2D eigenvalue weighted by Gasteiger charge is -2.09. The van der Waals surface area contributed by atoms with Crippen LogP contribution in [0.5, 0.6) is 5.75 Å². The summed E-state index contributed by atoms with van der Waals surface area (Å²) >= 11 is 0. The minimum absolute atomic E-state index is 0.0598. The first-order valence-electron chi connectivity index (χ1n) is 9.76. The maximum Gasteiger partial charge on any atom is 0.262 e. The molecular weight excluding hydrogens is 409 g/mol. The van der Waals surface area contributed by atoms with Crippen molar-refractivity contribution in [1.82, 2.24) is 5.32 Å². The van der Waals surface area contributed by atoms with Gasteiger partial charge in [0.15, 0.2) is 6.61 Å². The van der Waals surface area contributed by atoms with Crippen LogP contribution in [-0.4, -0.2) is 18.4 Å². The molecule has 0 aliphatic heterocycles. The van der Waals surface area contributed by atoms with Crippen LogP contribution in [0.4, 0.5) is 10.1 Å². The van der Waals surface area contributed by atoms with Gasteiger partial charge in [0.1, 0.15) is 23.2 Å². The van der Waals surface area contributed by atoms with E-state index >= 15 is 0 Å². The number of rotatable bonds is 8. The predicted octanol–water partition coefficient (Wildman–Crippen LogP) is 4.07. The summed E-state index contributed by atoms with van der Waals surface area (Å²) in [7, 11) is 0. The van der Waals surface area contributed by atoms with E-state index in [2.05, 4.69) is 10.6 Å². The topological polar surface area (TPSA) is 91.2 Å². The first-order valence-corrected chi connectivity index (χ1v) is 9.76. The minimum Gasteiger partial charge on any atom is -0.484 e. The smallest absolute Gasteiger partial charge is 0.262 e. The van der Waals surface area contributed by atoms with Gasteiger partial charge in [0, 0.05) is 6.54 Å². The summed E-state index contributed by atoms with van der Waals surface area (Å²) in [5, 5.41) is 14.5. The van der Waals surface area contributed by atoms with Crippen molar-refractivity contribution in [2.75, 3.05) is 11.9 Å². The molecule has 0 saturated heterocycles. The molecule has 0 aliphatic rings. The number of nitrogens with zero attached hydrogens (tertiary/aromatic N) is 1. The number of benzene rings is 3. The molecule has 0 atom stereocenters. The first-order chi connectivity index (χ1) is 15.5. The second-order valence-corrected chi connectivity index (χ2v) is 6.73. The molecule has 3 aromatic carbocycles. The van der Waals surface area contributed by atoms with Gasteiger partial charge in [-0.1, -0.05) is 54.6 Å². The summed E-state index contributed by atoms with van der Waals surface area (Å²) in [6.07, 6.45) is 1.44. The van der Waals surface area contributed by atoms with Crippen LogP contribution in [0.1, 0.15) is 11.1 Å². The maximum atomic E-state index is 13.6. The van der Waals surface area contributed by atoms with Crippen molar-refractivity contribution in [2.24, 2.45) is 0 Å². The number of nitriles is 1. The molecular formula is C25H20FN3O3. The lowest BCUT2D eigenvalue weighted by Crippen LogP contribution is -2.23. The standard InChI is InChI=1S/C25H20FN3O3/c26-22-11-4-5-12-23(22)29-24(30)17-32-21-10-6-9-19(14-21)13-20(15-27)25(31)28-16-18-7-2-1-3-8-18/h1-14H,16-17H2,(H,28,31)(H,29,30)/b20-13+. The van der Waals surface area contributed by atoms with Crippen LogP contribution >= 0.6 is 0 Å². The summed E-state index contributed by atoms with van der Waals surface area (Å²) in [5.41, 5.74) is 1.49. The molecule has 2 amide bonds. The van der Waals surface area contributed by atoms with Crippen LogP contribution in [-0.2, 0) is 16.1 Å². The molecule has 6 nitrogen and oxygen atoms in total. The van der Waals surface area contributed by atoms with E-state index in [1.165, 1.54) is 24.3 Å². The summed E-state index contributed by atoms with van der Waals surface area (Å²) in [6, 6.07) is 23.7. The Morgan fingerprint density at radius 1 is 1.00 bits per heavy atom. The van der Waals surface area contributed by atoms with E-state index in [4.69, 9.17) is 4.74 Å². The van der Waals surface area contributed by atoms with E-state index in [0.29, 0.717) is 17.9 Å². The molecule has 0 aliphatic carbocycles. The van der Waals surface area contributed by atoms with Crippen molar-refractivity contribution in [2.45, 2.75) is 6.54 Å². The van der Waals surface area contributed by atoms with Crippen molar-refractivity contribution in [3.63, 3.8) is 0 Å². The van der Waals surface area contributed by atoms with Gasteiger partial charge in [-0.05, 0) is 41.5 Å². The van der Waals surface area contributed by atoms with E-state index in [-0.39, 0.29) is 17.9 Å². The van der Waals surface area contributed by atoms with Crippen molar-refractivity contribution in [3.8, 4) is 11.8 Å². The second-order valence-electron chi connectivity index (χ2n) is 6.73. The Morgan fingerprint density at radius 2 is 1.75 bits per heavy atom. The number of para-hydroxylation sites is 1. The Morgan fingerprint density at radius 3 is 2.50 bits per heavy atom. The summed E-state index contributed by atoms with van der Waals surface area (Å²) in [6.45, 7) is -0.0247. The number of amides is 2. The van der Waals surface area contributed by atoms with Gasteiger partial charge in [0.05, 0.1) is 5.69 Å². The van der Waals surface area contributed by atoms with Crippen molar-refractivity contribution in [1.29, 1.82) is 5.26 Å². The fourth-order valence-electron chi connectivity index (χ4n) is 2.78.